The van der Waals surface area contributed by atoms with Crippen LogP contribution in [0.2, 0.25) is 0 Å². The standard InChI is InChI=1S/C15H17NO4/c1-9-7-11(4-6-13(9)20-2)16-8-10-3-5-12(17)15(19)14(10)18/h3-7,16-19H,8H2,1-2H3. The van der Waals surface area contributed by atoms with Crippen LogP contribution in [0.15, 0.2) is 30.3 Å². The Morgan fingerprint density at radius 2 is 1.80 bits per heavy atom. The summed E-state index contributed by atoms with van der Waals surface area (Å²) in [6.07, 6.45) is 0. The van der Waals surface area contributed by atoms with Crippen molar-refractivity contribution in [3.63, 3.8) is 0 Å². The maximum absolute atomic E-state index is 9.72. The van der Waals surface area contributed by atoms with Crippen molar-refractivity contribution in [3.05, 3.63) is 41.5 Å². The van der Waals surface area contributed by atoms with Gasteiger partial charge in [-0.2, -0.15) is 0 Å². The van der Waals surface area contributed by atoms with E-state index in [0.717, 1.165) is 17.0 Å². The molecule has 0 bridgehead atoms. The van der Waals surface area contributed by atoms with Crippen LogP contribution in [0.4, 0.5) is 5.69 Å². The normalized spacial score (nSPS) is 10.3. The smallest absolute Gasteiger partial charge is 0.200 e. The van der Waals surface area contributed by atoms with Crippen molar-refractivity contribution < 1.29 is 20.1 Å². The second-order valence-electron chi connectivity index (χ2n) is 4.48. The number of aromatic hydroxyl groups is 3. The molecule has 2 aromatic rings. The van der Waals surface area contributed by atoms with E-state index >= 15 is 0 Å². The van der Waals surface area contributed by atoms with Gasteiger partial charge in [0.1, 0.15) is 5.75 Å². The monoisotopic (exact) mass is 275 g/mol. The topological polar surface area (TPSA) is 82.0 Å². The molecule has 0 unspecified atom stereocenters. The van der Waals surface area contributed by atoms with Gasteiger partial charge in [-0.3, -0.25) is 0 Å². The molecule has 2 aromatic carbocycles. The fraction of sp³-hybridized carbons (Fsp3) is 0.200. The summed E-state index contributed by atoms with van der Waals surface area (Å²) in [6, 6.07) is 8.53. The number of hydrogen-bond donors (Lipinski definition) is 4. The highest BCUT2D eigenvalue weighted by atomic mass is 16.5. The molecule has 0 aliphatic heterocycles. The minimum Gasteiger partial charge on any atom is -0.504 e. The van der Waals surface area contributed by atoms with E-state index < -0.39 is 5.75 Å². The van der Waals surface area contributed by atoms with Crippen molar-refractivity contribution in [1.29, 1.82) is 0 Å². The molecule has 0 heterocycles. The molecule has 0 aromatic heterocycles. The van der Waals surface area contributed by atoms with Gasteiger partial charge in [0.2, 0.25) is 5.75 Å². The number of phenolic OH excluding ortho intramolecular Hbond substituents is 3. The van der Waals surface area contributed by atoms with E-state index in [0.29, 0.717) is 12.1 Å². The zero-order chi connectivity index (χ0) is 14.7. The fourth-order valence-corrected chi connectivity index (χ4v) is 1.94. The van der Waals surface area contributed by atoms with Crippen molar-refractivity contribution in [1.82, 2.24) is 0 Å². The highest BCUT2D eigenvalue weighted by Crippen LogP contribution is 2.37. The summed E-state index contributed by atoms with van der Waals surface area (Å²) in [5, 5.41) is 31.6. The Kier molecular flexibility index (Phi) is 3.89. The molecule has 0 saturated heterocycles. The Labute approximate surface area is 117 Å². The maximum atomic E-state index is 9.72. The number of ether oxygens (including phenoxy) is 1. The summed E-state index contributed by atoms with van der Waals surface area (Å²) in [7, 11) is 1.62. The molecule has 0 saturated carbocycles. The highest BCUT2D eigenvalue weighted by molar-refractivity contribution is 5.55. The molecular weight excluding hydrogens is 258 g/mol. The summed E-state index contributed by atoms with van der Waals surface area (Å²) < 4.78 is 5.18. The molecule has 2 rings (SSSR count). The van der Waals surface area contributed by atoms with E-state index in [4.69, 9.17) is 4.74 Å². The predicted octanol–water partition coefficient (Wildman–Crippen LogP) is 2.73. The molecule has 0 amide bonds. The van der Waals surface area contributed by atoms with Crippen LogP contribution in [0, 0.1) is 6.92 Å². The lowest BCUT2D eigenvalue weighted by Crippen LogP contribution is -2.00. The summed E-state index contributed by atoms with van der Waals surface area (Å²) in [4.78, 5) is 0. The lowest BCUT2D eigenvalue weighted by Gasteiger charge is -2.11. The summed E-state index contributed by atoms with van der Waals surface area (Å²) >= 11 is 0. The molecule has 0 spiro atoms. The molecule has 0 aliphatic carbocycles. The van der Waals surface area contributed by atoms with Gasteiger partial charge >= 0.3 is 0 Å². The molecular formula is C15H17NO4. The summed E-state index contributed by atoms with van der Waals surface area (Å²) in [5.74, 6) is -0.356. The van der Waals surface area contributed by atoms with Crippen molar-refractivity contribution >= 4 is 5.69 Å². The number of phenols is 3. The van der Waals surface area contributed by atoms with Crippen LogP contribution >= 0.6 is 0 Å². The van der Waals surface area contributed by atoms with Crippen LogP contribution in [-0.4, -0.2) is 22.4 Å². The Bertz CT molecular complexity index is 626. The number of methoxy groups -OCH3 is 1. The van der Waals surface area contributed by atoms with E-state index in [1.165, 1.54) is 6.07 Å². The number of rotatable bonds is 4. The Morgan fingerprint density at radius 1 is 1.05 bits per heavy atom. The molecule has 0 radical (unpaired) electrons. The van der Waals surface area contributed by atoms with Gasteiger partial charge in [0.05, 0.1) is 7.11 Å². The van der Waals surface area contributed by atoms with Crippen molar-refractivity contribution in [2.45, 2.75) is 13.5 Å². The number of benzene rings is 2. The Hall–Kier alpha value is -2.56. The first kappa shape index (κ1) is 13.9. The van der Waals surface area contributed by atoms with Crippen LogP contribution in [-0.2, 0) is 6.54 Å². The SMILES string of the molecule is COc1ccc(NCc2ccc(O)c(O)c2O)cc1C. The van der Waals surface area contributed by atoms with E-state index in [-0.39, 0.29) is 11.5 Å². The number of hydrogen-bond acceptors (Lipinski definition) is 5. The van der Waals surface area contributed by atoms with E-state index in [1.54, 1.807) is 13.2 Å². The zero-order valence-corrected chi connectivity index (χ0v) is 11.3. The summed E-state index contributed by atoms with van der Waals surface area (Å²) in [6.45, 7) is 2.26. The first-order valence-electron chi connectivity index (χ1n) is 6.14. The van der Waals surface area contributed by atoms with Gasteiger partial charge in [-0.25, -0.2) is 0 Å². The van der Waals surface area contributed by atoms with E-state index in [9.17, 15) is 15.3 Å². The average molecular weight is 275 g/mol. The van der Waals surface area contributed by atoms with Crippen molar-refractivity contribution in [3.8, 4) is 23.0 Å². The first-order valence-corrected chi connectivity index (χ1v) is 6.14. The first-order chi connectivity index (χ1) is 9.52. The lowest BCUT2D eigenvalue weighted by atomic mass is 10.1. The number of anilines is 1. The minimum atomic E-state index is -0.504. The lowest BCUT2D eigenvalue weighted by molar-refractivity contribution is 0.365. The Morgan fingerprint density at radius 3 is 2.45 bits per heavy atom. The van der Waals surface area contributed by atoms with Crippen molar-refractivity contribution in [2.75, 3.05) is 12.4 Å². The van der Waals surface area contributed by atoms with Crippen LogP contribution in [0.3, 0.4) is 0 Å². The van der Waals surface area contributed by atoms with Gasteiger partial charge in [-0.05, 0) is 42.8 Å². The van der Waals surface area contributed by atoms with Gasteiger partial charge in [-0.1, -0.05) is 0 Å². The quantitative estimate of drug-likeness (QED) is 0.645. The summed E-state index contributed by atoms with van der Waals surface area (Å²) in [5.41, 5.74) is 2.36. The fourth-order valence-electron chi connectivity index (χ4n) is 1.94. The molecule has 0 atom stereocenters. The number of nitrogens with one attached hydrogen (secondary N) is 1. The molecule has 0 fully saturated rings. The van der Waals surface area contributed by atoms with Gasteiger partial charge in [-0.15, -0.1) is 0 Å². The molecule has 5 heteroatoms. The van der Waals surface area contributed by atoms with Crippen LogP contribution in [0.5, 0.6) is 23.0 Å². The molecule has 0 aliphatic rings. The van der Waals surface area contributed by atoms with Gasteiger partial charge in [0.15, 0.2) is 11.5 Å². The molecule has 20 heavy (non-hydrogen) atoms. The maximum Gasteiger partial charge on any atom is 0.200 e. The average Bonchev–Trinajstić information content (AvgIpc) is 2.44. The zero-order valence-electron chi connectivity index (χ0n) is 11.3. The molecule has 4 N–H and O–H groups in total. The largest absolute Gasteiger partial charge is 0.504 e. The van der Waals surface area contributed by atoms with Gasteiger partial charge < -0.3 is 25.4 Å². The third kappa shape index (κ3) is 2.71. The molecule has 5 nitrogen and oxygen atoms in total. The van der Waals surface area contributed by atoms with Crippen LogP contribution < -0.4 is 10.1 Å². The van der Waals surface area contributed by atoms with Crippen LogP contribution in [0.1, 0.15) is 11.1 Å². The third-order valence-corrected chi connectivity index (χ3v) is 3.09. The van der Waals surface area contributed by atoms with Gasteiger partial charge in [0, 0.05) is 17.8 Å². The van der Waals surface area contributed by atoms with Gasteiger partial charge in [0.25, 0.3) is 0 Å². The van der Waals surface area contributed by atoms with Crippen molar-refractivity contribution in [2.24, 2.45) is 0 Å². The predicted molar refractivity (Wildman–Crippen MR) is 76.5 cm³/mol. The highest BCUT2D eigenvalue weighted by Gasteiger charge is 2.10. The third-order valence-electron chi connectivity index (χ3n) is 3.09. The number of aryl methyl sites for hydroxylation is 1. The second kappa shape index (κ2) is 5.61. The van der Waals surface area contributed by atoms with E-state index in [2.05, 4.69) is 5.32 Å². The van der Waals surface area contributed by atoms with Crippen LogP contribution in [0.25, 0.3) is 0 Å². The van der Waals surface area contributed by atoms with E-state index in [1.807, 2.05) is 25.1 Å². The minimum absolute atomic E-state index is 0.317. The Balaban J connectivity index is 2.13. The second-order valence-corrected chi connectivity index (χ2v) is 4.48. The molecule has 106 valence electrons.